The first kappa shape index (κ1) is 13.2. The number of unbranched alkanes of at least 4 members (excludes halogenated alkanes) is 1. The first-order chi connectivity index (χ1) is 7.77. The number of esters is 1. The molecule has 16 heavy (non-hydrogen) atoms. The van der Waals surface area contributed by atoms with Crippen LogP contribution in [0.3, 0.4) is 0 Å². The molecule has 1 unspecified atom stereocenters. The number of carbonyl (C=O) groups excluding carboxylic acids is 1. The lowest BCUT2D eigenvalue weighted by molar-refractivity contribution is -0.145. The maximum Gasteiger partial charge on any atom is 0.320 e. The maximum absolute atomic E-state index is 11.5. The second-order valence-corrected chi connectivity index (χ2v) is 4.06. The number of hydrogen-bond acceptors (Lipinski definition) is 4. The Hall–Kier alpha value is -0.870. The molecule has 1 heterocycles. The van der Waals surface area contributed by atoms with E-state index in [1.807, 2.05) is 0 Å². The van der Waals surface area contributed by atoms with Crippen LogP contribution >= 0.6 is 0 Å². The van der Waals surface area contributed by atoms with Crippen LogP contribution in [0.5, 0.6) is 0 Å². The Morgan fingerprint density at radius 2 is 2.44 bits per heavy atom. The predicted molar refractivity (Wildman–Crippen MR) is 64.0 cm³/mol. The topological polar surface area (TPSA) is 55.6 Å². The minimum absolute atomic E-state index is 0.137. The van der Waals surface area contributed by atoms with Gasteiger partial charge in [0.2, 0.25) is 0 Å². The van der Waals surface area contributed by atoms with Gasteiger partial charge in [-0.25, -0.2) is 0 Å². The SMILES string of the molecule is CCCCOC(=O)CN1CCC=CC1CN. The third-order valence-electron chi connectivity index (χ3n) is 2.74. The van der Waals surface area contributed by atoms with E-state index < -0.39 is 0 Å². The van der Waals surface area contributed by atoms with E-state index in [1.54, 1.807) is 0 Å². The average molecular weight is 226 g/mol. The van der Waals surface area contributed by atoms with Crippen LogP contribution in [0.1, 0.15) is 26.2 Å². The molecule has 1 aliphatic rings. The highest BCUT2D eigenvalue weighted by atomic mass is 16.5. The zero-order valence-electron chi connectivity index (χ0n) is 10.0. The van der Waals surface area contributed by atoms with Crippen molar-refractivity contribution in [1.82, 2.24) is 4.90 Å². The summed E-state index contributed by atoms with van der Waals surface area (Å²) in [6.45, 7) is 4.41. The second kappa shape index (κ2) is 7.41. The van der Waals surface area contributed by atoms with Crippen LogP contribution in [0, 0.1) is 0 Å². The molecule has 4 heteroatoms. The molecule has 0 aromatic carbocycles. The zero-order chi connectivity index (χ0) is 11.8. The molecule has 1 atom stereocenters. The molecular weight excluding hydrogens is 204 g/mol. The number of nitrogens with zero attached hydrogens (tertiary/aromatic N) is 1. The van der Waals surface area contributed by atoms with Gasteiger partial charge >= 0.3 is 5.97 Å². The van der Waals surface area contributed by atoms with Gasteiger partial charge in [-0.1, -0.05) is 25.5 Å². The molecule has 0 radical (unpaired) electrons. The number of nitrogens with two attached hydrogens (primary N) is 1. The molecular formula is C12H22N2O2. The zero-order valence-corrected chi connectivity index (χ0v) is 10.0. The molecule has 0 fully saturated rings. The van der Waals surface area contributed by atoms with Crippen molar-refractivity contribution in [3.05, 3.63) is 12.2 Å². The molecule has 1 aliphatic heterocycles. The van der Waals surface area contributed by atoms with Crippen molar-refractivity contribution < 1.29 is 9.53 Å². The van der Waals surface area contributed by atoms with Crippen molar-refractivity contribution in [3.63, 3.8) is 0 Å². The predicted octanol–water partition coefficient (Wildman–Crippen LogP) is 0.919. The summed E-state index contributed by atoms with van der Waals surface area (Å²) in [5.74, 6) is -0.137. The third-order valence-corrected chi connectivity index (χ3v) is 2.74. The first-order valence-electron chi connectivity index (χ1n) is 6.04. The second-order valence-electron chi connectivity index (χ2n) is 4.06. The Morgan fingerprint density at radius 1 is 1.62 bits per heavy atom. The molecule has 0 bridgehead atoms. The van der Waals surface area contributed by atoms with Crippen LogP contribution in [-0.2, 0) is 9.53 Å². The summed E-state index contributed by atoms with van der Waals surface area (Å²) in [6.07, 6.45) is 7.16. The van der Waals surface area contributed by atoms with Crippen LogP contribution in [0.2, 0.25) is 0 Å². The van der Waals surface area contributed by atoms with E-state index in [-0.39, 0.29) is 12.0 Å². The Kier molecular flexibility index (Phi) is 6.11. The molecule has 92 valence electrons. The molecule has 0 spiro atoms. The van der Waals surface area contributed by atoms with Crippen molar-refractivity contribution in [2.24, 2.45) is 5.73 Å². The fraction of sp³-hybridized carbons (Fsp3) is 0.750. The fourth-order valence-electron chi connectivity index (χ4n) is 1.75. The number of carbonyl (C=O) groups is 1. The van der Waals surface area contributed by atoms with Crippen molar-refractivity contribution in [1.29, 1.82) is 0 Å². The molecule has 0 saturated heterocycles. The molecule has 0 aromatic heterocycles. The minimum atomic E-state index is -0.137. The van der Waals surface area contributed by atoms with Crippen LogP contribution in [0.15, 0.2) is 12.2 Å². The van der Waals surface area contributed by atoms with E-state index in [9.17, 15) is 4.79 Å². The molecule has 0 amide bonds. The van der Waals surface area contributed by atoms with Crippen molar-refractivity contribution in [3.8, 4) is 0 Å². The monoisotopic (exact) mass is 226 g/mol. The summed E-state index contributed by atoms with van der Waals surface area (Å²) in [4.78, 5) is 13.6. The van der Waals surface area contributed by atoms with E-state index in [4.69, 9.17) is 10.5 Å². The minimum Gasteiger partial charge on any atom is -0.465 e. The summed E-state index contributed by atoms with van der Waals surface area (Å²) in [6, 6.07) is 0.187. The maximum atomic E-state index is 11.5. The molecule has 0 aromatic rings. The Bertz CT molecular complexity index is 241. The lowest BCUT2D eigenvalue weighted by atomic mass is 10.1. The molecule has 0 aliphatic carbocycles. The highest BCUT2D eigenvalue weighted by molar-refractivity contribution is 5.71. The highest BCUT2D eigenvalue weighted by Crippen LogP contribution is 2.08. The van der Waals surface area contributed by atoms with Gasteiger partial charge in [0.25, 0.3) is 0 Å². The third kappa shape index (κ3) is 4.33. The van der Waals surface area contributed by atoms with E-state index in [0.717, 1.165) is 25.8 Å². The van der Waals surface area contributed by atoms with E-state index >= 15 is 0 Å². The van der Waals surface area contributed by atoms with Gasteiger partial charge in [0.15, 0.2) is 0 Å². The molecule has 2 N–H and O–H groups in total. The lowest BCUT2D eigenvalue weighted by Gasteiger charge is -2.30. The quantitative estimate of drug-likeness (QED) is 0.416. The van der Waals surface area contributed by atoms with Gasteiger partial charge in [-0.15, -0.1) is 0 Å². The Morgan fingerprint density at radius 3 is 3.12 bits per heavy atom. The largest absolute Gasteiger partial charge is 0.465 e. The van der Waals surface area contributed by atoms with E-state index in [1.165, 1.54) is 0 Å². The van der Waals surface area contributed by atoms with Crippen LogP contribution < -0.4 is 5.73 Å². The highest BCUT2D eigenvalue weighted by Gasteiger charge is 2.20. The van der Waals surface area contributed by atoms with Crippen LogP contribution in [0.4, 0.5) is 0 Å². The van der Waals surface area contributed by atoms with Gasteiger partial charge in [0, 0.05) is 19.1 Å². The normalized spacial score (nSPS) is 21.0. The summed E-state index contributed by atoms with van der Waals surface area (Å²) in [5, 5.41) is 0. The van der Waals surface area contributed by atoms with Gasteiger partial charge in [-0.3, -0.25) is 9.69 Å². The molecule has 1 rings (SSSR count). The van der Waals surface area contributed by atoms with Crippen molar-refractivity contribution in [2.45, 2.75) is 32.2 Å². The van der Waals surface area contributed by atoms with Crippen LogP contribution in [-0.4, -0.2) is 43.2 Å². The van der Waals surface area contributed by atoms with Gasteiger partial charge in [0.1, 0.15) is 0 Å². The summed E-state index contributed by atoms with van der Waals surface area (Å²) in [7, 11) is 0. The summed E-state index contributed by atoms with van der Waals surface area (Å²) < 4.78 is 5.13. The molecule has 4 nitrogen and oxygen atoms in total. The molecule has 0 saturated carbocycles. The smallest absolute Gasteiger partial charge is 0.320 e. The Labute approximate surface area is 97.4 Å². The first-order valence-corrected chi connectivity index (χ1v) is 6.04. The van der Waals surface area contributed by atoms with Crippen molar-refractivity contribution >= 4 is 5.97 Å². The number of hydrogen-bond donors (Lipinski definition) is 1. The van der Waals surface area contributed by atoms with Gasteiger partial charge in [-0.2, -0.15) is 0 Å². The fourth-order valence-corrected chi connectivity index (χ4v) is 1.75. The summed E-state index contributed by atoms with van der Waals surface area (Å²) in [5.41, 5.74) is 5.65. The van der Waals surface area contributed by atoms with Gasteiger partial charge < -0.3 is 10.5 Å². The van der Waals surface area contributed by atoms with Crippen molar-refractivity contribution in [2.75, 3.05) is 26.2 Å². The standard InChI is InChI=1S/C12H22N2O2/c1-2-3-8-16-12(15)10-14-7-5-4-6-11(14)9-13/h4,6,11H,2-3,5,7-10,13H2,1H3. The Balaban J connectivity index is 2.29. The van der Waals surface area contributed by atoms with Gasteiger partial charge in [0.05, 0.1) is 13.2 Å². The average Bonchev–Trinajstić information content (AvgIpc) is 2.30. The van der Waals surface area contributed by atoms with Gasteiger partial charge in [-0.05, 0) is 12.8 Å². The number of ether oxygens (including phenoxy) is 1. The van der Waals surface area contributed by atoms with E-state index in [0.29, 0.717) is 19.7 Å². The van der Waals surface area contributed by atoms with Crippen LogP contribution in [0.25, 0.3) is 0 Å². The number of rotatable bonds is 6. The summed E-state index contributed by atoms with van der Waals surface area (Å²) >= 11 is 0. The lowest BCUT2D eigenvalue weighted by Crippen LogP contribution is -2.44. The van der Waals surface area contributed by atoms with E-state index in [2.05, 4.69) is 24.0 Å².